The molecule has 144 valence electrons. The van der Waals surface area contributed by atoms with E-state index >= 15 is 0 Å². The van der Waals surface area contributed by atoms with E-state index in [9.17, 15) is 4.79 Å². The molecule has 0 aliphatic carbocycles. The number of carbonyl (C=O) groups excluding carboxylic acids is 1. The van der Waals surface area contributed by atoms with Gasteiger partial charge in [0.1, 0.15) is 5.75 Å². The lowest BCUT2D eigenvalue weighted by atomic mass is 9.89. The van der Waals surface area contributed by atoms with Crippen LogP contribution in [0, 0.1) is 6.92 Å². The summed E-state index contributed by atoms with van der Waals surface area (Å²) in [5, 5.41) is 11.7. The number of aromatic amines is 1. The fourth-order valence-corrected chi connectivity index (χ4v) is 4.06. The molecule has 1 atom stereocenters. The number of fused-ring (bicyclic) bond motifs is 1. The van der Waals surface area contributed by atoms with Gasteiger partial charge < -0.3 is 19.6 Å². The average Bonchev–Trinajstić information content (AvgIpc) is 3.45. The zero-order chi connectivity index (χ0) is 19.5. The number of amides is 1. The van der Waals surface area contributed by atoms with E-state index in [0.717, 1.165) is 27.8 Å². The fourth-order valence-electron chi connectivity index (χ4n) is 3.35. The molecular weight excluding hydrogens is 376 g/mol. The number of thiophene rings is 1. The quantitative estimate of drug-likeness (QED) is 0.496. The minimum atomic E-state index is -0.0966. The molecule has 4 rings (SSSR count). The molecule has 4 aromatic rings. The Balaban J connectivity index is 1.61. The van der Waals surface area contributed by atoms with E-state index < -0.39 is 0 Å². The molecule has 1 aromatic carbocycles. The van der Waals surface area contributed by atoms with Crippen molar-refractivity contribution in [3.05, 3.63) is 64.1 Å². The molecule has 0 radical (unpaired) electrons. The number of hydrogen-bond acceptors (Lipinski definition) is 6. The van der Waals surface area contributed by atoms with Crippen LogP contribution in [0.2, 0.25) is 0 Å². The minimum Gasteiger partial charge on any atom is -0.496 e. The number of benzene rings is 1. The highest BCUT2D eigenvalue weighted by molar-refractivity contribution is 7.08. The third kappa shape index (κ3) is 3.63. The summed E-state index contributed by atoms with van der Waals surface area (Å²) >= 11 is 1.61. The molecule has 7 nitrogen and oxygen atoms in total. The monoisotopic (exact) mass is 396 g/mol. The van der Waals surface area contributed by atoms with Gasteiger partial charge in [0, 0.05) is 29.4 Å². The molecule has 1 amide bonds. The Hall–Kier alpha value is -3.13. The first-order valence-corrected chi connectivity index (χ1v) is 9.82. The van der Waals surface area contributed by atoms with Crippen LogP contribution < -0.4 is 10.1 Å². The maximum Gasteiger partial charge on any atom is 0.246 e. The highest BCUT2D eigenvalue weighted by Crippen LogP contribution is 2.38. The molecule has 0 bridgehead atoms. The third-order valence-electron chi connectivity index (χ3n) is 4.63. The largest absolute Gasteiger partial charge is 0.496 e. The summed E-state index contributed by atoms with van der Waals surface area (Å²) in [6, 6.07) is 7.94. The van der Waals surface area contributed by atoms with E-state index in [2.05, 4.69) is 31.9 Å². The molecule has 0 aliphatic rings. The second kappa shape index (κ2) is 7.85. The van der Waals surface area contributed by atoms with Crippen LogP contribution in [0.15, 0.2) is 45.7 Å². The van der Waals surface area contributed by atoms with Crippen molar-refractivity contribution in [3.63, 3.8) is 0 Å². The highest BCUT2D eigenvalue weighted by Gasteiger charge is 2.23. The number of hydrogen-bond donors (Lipinski definition) is 2. The van der Waals surface area contributed by atoms with Crippen LogP contribution in [0.25, 0.3) is 10.9 Å². The van der Waals surface area contributed by atoms with Gasteiger partial charge >= 0.3 is 0 Å². The second-order valence-corrected chi connectivity index (χ2v) is 7.23. The Labute approximate surface area is 165 Å². The van der Waals surface area contributed by atoms with Crippen LogP contribution in [0.5, 0.6) is 5.75 Å². The predicted molar refractivity (Wildman–Crippen MR) is 107 cm³/mol. The van der Waals surface area contributed by atoms with Gasteiger partial charge in [-0.2, -0.15) is 16.3 Å². The number of carbonyl (C=O) groups is 1. The molecule has 0 aliphatic heterocycles. The number of aryl methyl sites for hydroxylation is 1. The van der Waals surface area contributed by atoms with E-state index in [0.29, 0.717) is 18.1 Å². The van der Waals surface area contributed by atoms with Gasteiger partial charge in [0.05, 0.1) is 13.7 Å². The lowest BCUT2D eigenvalue weighted by Gasteiger charge is -2.16. The molecule has 0 fully saturated rings. The number of aromatic nitrogens is 3. The topological polar surface area (TPSA) is 93.0 Å². The van der Waals surface area contributed by atoms with Crippen LogP contribution in [-0.4, -0.2) is 28.1 Å². The number of methoxy groups -OCH3 is 1. The highest BCUT2D eigenvalue weighted by atomic mass is 32.1. The first-order chi connectivity index (χ1) is 13.7. The molecule has 8 heteroatoms. The van der Waals surface area contributed by atoms with Crippen molar-refractivity contribution < 1.29 is 14.1 Å². The number of ether oxygens (including phenoxy) is 1. The van der Waals surface area contributed by atoms with Crippen molar-refractivity contribution >= 4 is 28.1 Å². The van der Waals surface area contributed by atoms with E-state index in [1.807, 2.05) is 29.8 Å². The number of nitrogens with zero attached hydrogens (tertiary/aromatic N) is 2. The molecule has 3 aromatic heterocycles. The Morgan fingerprint density at radius 1 is 1.39 bits per heavy atom. The van der Waals surface area contributed by atoms with Gasteiger partial charge in [0.15, 0.2) is 5.82 Å². The lowest BCUT2D eigenvalue weighted by molar-refractivity contribution is -0.121. The van der Waals surface area contributed by atoms with Gasteiger partial charge in [-0.15, -0.1) is 0 Å². The average molecular weight is 396 g/mol. The van der Waals surface area contributed by atoms with Crippen molar-refractivity contribution in [1.82, 2.24) is 20.4 Å². The molecule has 1 unspecified atom stereocenters. The zero-order valence-electron chi connectivity index (χ0n) is 15.6. The van der Waals surface area contributed by atoms with Crippen LogP contribution in [0.3, 0.4) is 0 Å². The standard InChI is InChI=1S/C20H20N4O3S/c1-12-23-19(27-24-12)10-22-18(25)8-14(13-6-7-28-11-13)15-9-21-16-4-3-5-17(26-2)20(15)16/h3-7,9,11,14,21H,8,10H2,1-2H3,(H,22,25). The number of rotatable bonds is 7. The van der Waals surface area contributed by atoms with Crippen molar-refractivity contribution in [2.75, 3.05) is 7.11 Å². The molecule has 0 spiro atoms. The summed E-state index contributed by atoms with van der Waals surface area (Å²) in [5.41, 5.74) is 3.12. The molecule has 28 heavy (non-hydrogen) atoms. The number of nitrogens with one attached hydrogen (secondary N) is 2. The SMILES string of the molecule is COc1cccc2[nH]cc(C(CC(=O)NCc3nc(C)no3)c3ccsc3)c12. The van der Waals surface area contributed by atoms with Crippen LogP contribution in [0.4, 0.5) is 0 Å². The maximum absolute atomic E-state index is 12.7. The van der Waals surface area contributed by atoms with E-state index in [1.54, 1.807) is 25.4 Å². The van der Waals surface area contributed by atoms with E-state index in [4.69, 9.17) is 9.26 Å². The van der Waals surface area contributed by atoms with E-state index in [1.165, 1.54) is 0 Å². The molecule has 0 saturated carbocycles. The van der Waals surface area contributed by atoms with Gasteiger partial charge in [-0.25, -0.2) is 0 Å². The predicted octanol–water partition coefficient (Wildman–Crippen LogP) is 3.77. The van der Waals surface area contributed by atoms with Crippen molar-refractivity contribution in [2.45, 2.75) is 25.8 Å². The van der Waals surface area contributed by atoms with Gasteiger partial charge in [-0.05, 0) is 47.0 Å². The molecule has 0 saturated heterocycles. The summed E-state index contributed by atoms with van der Waals surface area (Å²) in [6.07, 6.45) is 2.26. The summed E-state index contributed by atoms with van der Waals surface area (Å²) in [5.74, 6) is 1.55. The Kier molecular flexibility index (Phi) is 5.12. The van der Waals surface area contributed by atoms with Gasteiger partial charge in [-0.1, -0.05) is 11.2 Å². The normalized spacial score (nSPS) is 12.2. The maximum atomic E-state index is 12.7. The fraction of sp³-hybridized carbons (Fsp3) is 0.250. The second-order valence-electron chi connectivity index (χ2n) is 6.45. The number of H-pyrrole nitrogens is 1. The third-order valence-corrected chi connectivity index (χ3v) is 5.34. The minimum absolute atomic E-state index is 0.0868. The Morgan fingerprint density at radius 2 is 2.29 bits per heavy atom. The van der Waals surface area contributed by atoms with Crippen molar-refractivity contribution in [1.29, 1.82) is 0 Å². The zero-order valence-corrected chi connectivity index (χ0v) is 16.4. The first-order valence-electron chi connectivity index (χ1n) is 8.87. The van der Waals surface area contributed by atoms with Crippen LogP contribution >= 0.6 is 11.3 Å². The molecule has 2 N–H and O–H groups in total. The van der Waals surface area contributed by atoms with Crippen LogP contribution in [-0.2, 0) is 11.3 Å². The first kappa shape index (κ1) is 18.2. The summed E-state index contributed by atoms with van der Waals surface area (Å²) in [6.45, 7) is 1.96. The summed E-state index contributed by atoms with van der Waals surface area (Å²) < 4.78 is 10.6. The van der Waals surface area contributed by atoms with Gasteiger partial charge in [0.25, 0.3) is 0 Å². The van der Waals surface area contributed by atoms with Crippen molar-refractivity contribution in [2.24, 2.45) is 0 Å². The van der Waals surface area contributed by atoms with Gasteiger partial charge in [0.2, 0.25) is 11.8 Å². The van der Waals surface area contributed by atoms with Gasteiger partial charge in [-0.3, -0.25) is 4.79 Å². The molecule has 3 heterocycles. The summed E-state index contributed by atoms with van der Waals surface area (Å²) in [4.78, 5) is 20.1. The Morgan fingerprint density at radius 3 is 3.00 bits per heavy atom. The smallest absolute Gasteiger partial charge is 0.246 e. The van der Waals surface area contributed by atoms with Crippen molar-refractivity contribution in [3.8, 4) is 5.75 Å². The van der Waals surface area contributed by atoms with Crippen LogP contribution in [0.1, 0.15) is 35.2 Å². The lowest BCUT2D eigenvalue weighted by Crippen LogP contribution is -2.25. The summed E-state index contributed by atoms with van der Waals surface area (Å²) in [7, 11) is 1.66. The van der Waals surface area contributed by atoms with E-state index in [-0.39, 0.29) is 18.4 Å². The molecular formula is C20H20N4O3S. The Bertz CT molecular complexity index is 1080.